The summed E-state index contributed by atoms with van der Waals surface area (Å²) in [4.78, 5) is 14.3. The number of halogens is 2. The fourth-order valence-corrected chi connectivity index (χ4v) is 2.98. The zero-order valence-electron chi connectivity index (χ0n) is 10.7. The minimum Gasteiger partial charge on any atom is -0.306 e. The standard InChI is InChI=1S/C13H17BrFN3O/c1-18-6-4-13(5-7-18,12(19)17-16)10-8-9(14)2-3-11(10)15/h2-3,8H,4-7,16H2,1H3,(H,17,19). The molecule has 3 N–H and O–H groups in total. The molecule has 6 heteroatoms. The number of nitrogens with zero attached hydrogens (tertiary/aromatic N) is 1. The highest BCUT2D eigenvalue weighted by molar-refractivity contribution is 9.10. The Kier molecular flexibility index (Phi) is 4.23. The Hall–Kier alpha value is -0.980. The molecule has 0 aromatic heterocycles. The molecule has 1 aliphatic rings. The minimum absolute atomic E-state index is 0.322. The molecule has 1 amide bonds. The number of nitrogens with one attached hydrogen (secondary N) is 1. The number of likely N-dealkylation sites (tertiary alicyclic amines) is 1. The molecule has 1 saturated heterocycles. The quantitative estimate of drug-likeness (QED) is 0.491. The third-order valence-corrected chi connectivity index (χ3v) is 4.34. The highest BCUT2D eigenvalue weighted by Gasteiger charge is 2.43. The Morgan fingerprint density at radius 1 is 1.47 bits per heavy atom. The summed E-state index contributed by atoms with van der Waals surface area (Å²) >= 11 is 3.33. The van der Waals surface area contributed by atoms with Crippen LogP contribution in [0.3, 0.4) is 0 Å². The Bertz CT molecular complexity index is 487. The van der Waals surface area contributed by atoms with Gasteiger partial charge in [-0.15, -0.1) is 0 Å². The Morgan fingerprint density at radius 2 is 2.11 bits per heavy atom. The molecule has 0 spiro atoms. The molecule has 1 aromatic carbocycles. The molecule has 1 aromatic rings. The lowest BCUT2D eigenvalue weighted by molar-refractivity contribution is -0.128. The summed E-state index contributed by atoms with van der Waals surface area (Å²) in [6.07, 6.45) is 1.11. The van der Waals surface area contributed by atoms with Gasteiger partial charge in [0.25, 0.3) is 0 Å². The van der Waals surface area contributed by atoms with Gasteiger partial charge in [-0.2, -0.15) is 0 Å². The average molecular weight is 330 g/mol. The van der Waals surface area contributed by atoms with Crippen LogP contribution in [0.15, 0.2) is 22.7 Å². The highest BCUT2D eigenvalue weighted by atomic mass is 79.9. The topological polar surface area (TPSA) is 58.4 Å². The van der Waals surface area contributed by atoms with Crippen molar-refractivity contribution in [1.82, 2.24) is 10.3 Å². The van der Waals surface area contributed by atoms with Gasteiger partial charge in [0.15, 0.2) is 0 Å². The van der Waals surface area contributed by atoms with Crippen LogP contribution in [0.1, 0.15) is 18.4 Å². The molecule has 0 aliphatic carbocycles. The molecule has 0 saturated carbocycles. The molecule has 104 valence electrons. The van der Waals surface area contributed by atoms with Crippen LogP contribution < -0.4 is 11.3 Å². The number of rotatable bonds is 2. The zero-order valence-corrected chi connectivity index (χ0v) is 12.3. The first-order valence-corrected chi connectivity index (χ1v) is 6.94. The second-order valence-electron chi connectivity index (χ2n) is 4.98. The van der Waals surface area contributed by atoms with Gasteiger partial charge in [0.1, 0.15) is 5.82 Å². The second kappa shape index (κ2) is 5.56. The fraction of sp³-hybridized carbons (Fsp3) is 0.462. The summed E-state index contributed by atoms with van der Waals surface area (Å²) in [6, 6.07) is 4.68. The van der Waals surface area contributed by atoms with E-state index in [0.29, 0.717) is 18.4 Å². The third kappa shape index (κ3) is 2.66. The molecule has 0 atom stereocenters. The summed E-state index contributed by atoms with van der Waals surface area (Å²) in [5.41, 5.74) is 1.73. The molecule has 4 nitrogen and oxygen atoms in total. The van der Waals surface area contributed by atoms with Crippen molar-refractivity contribution in [3.8, 4) is 0 Å². The van der Waals surface area contributed by atoms with Gasteiger partial charge in [0, 0.05) is 10.0 Å². The number of hydrazine groups is 1. The van der Waals surface area contributed by atoms with Gasteiger partial charge in [0.2, 0.25) is 5.91 Å². The lowest BCUT2D eigenvalue weighted by atomic mass is 9.72. The van der Waals surface area contributed by atoms with E-state index in [1.807, 2.05) is 7.05 Å². The van der Waals surface area contributed by atoms with Crippen molar-refractivity contribution < 1.29 is 9.18 Å². The zero-order chi connectivity index (χ0) is 14.0. The van der Waals surface area contributed by atoms with Crippen molar-refractivity contribution in [3.63, 3.8) is 0 Å². The second-order valence-corrected chi connectivity index (χ2v) is 5.90. The van der Waals surface area contributed by atoms with Crippen molar-refractivity contribution in [2.24, 2.45) is 5.84 Å². The smallest absolute Gasteiger partial charge is 0.244 e. The van der Waals surface area contributed by atoms with Crippen molar-refractivity contribution in [3.05, 3.63) is 34.1 Å². The van der Waals surface area contributed by atoms with Gasteiger partial charge < -0.3 is 4.90 Å². The lowest BCUT2D eigenvalue weighted by Crippen LogP contribution is -2.53. The Morgan fingerprint density at radius 3 is 2.68 bits per heavy atom. The lowest BCUT2D eigenvalue weighted by Gasteiger charge is -2.39. The highest BCUT2D eigenvalue weighted by Crippen LogP contribution is 2.38. The summed E-state index contributed by atoms with van der Waals surface area (Å²) in [6.45, 7) is 1.47. The predicted molar refractivity (Wildman–Crippen MR) is 74.8 cm³/mol. The van der Waals surface area contributed by atoms with E-state index < -0.39 is 5.41 Å². The number of amides is 1. The van der Waals surface area contributed by atoms with Gasteiger partial charge >= 0.3 is 0 Å². The number of hydrogen-bond acceptors (Lipinski definition) is 3. The number of hydrogen-bond donors (Lipinski definition) is 2. The van der Waals surface area contributed by atoms with E-state index in [0.717, 1.165) is 17.6 Å². The fourth-order valence-electron chi connectivity index (χ4n) is 2.62. The number of piperidine rings is 1. The first-order valence-electron chi connectivity index (χ1n) is 6.15. The third-order valence-electron chi connectivity index (χ3n) is 3.85. The van der Waals surface area contributed by atoms with E-state index in [2.05, 4.69) is 26.3 Å². The Labute approximate surface area is 120 Å². The molecule has 0 unspecified atom stereocenters. The molecular formula is C13H17BrFN3O. The number of nitrogens with two attached hydrogens (primary N) is 1. The number of benzene rings is 1. The molecular weight excluding hydrogens is 313 g/mol. The van der Waals surface area contributed by atoms with Crippen LogP contribution in [0.5, 0.6) is 0 Å². The Balaban J connectivity index is 2.49. The number of carbonyl (C=O) groups excluding carboxylic acids is 1. The molecule has 2 rings (SSSR count). The summed E-state index contributed by atoms with van der Waals surface area (Å²) in [7, 11) is 1.99. The summed E-state index contributed by atoms with van der Waals surface area (Å²) < 4.78 is 14.9. The molecule has 0 radical (unpaired) electrons. The van der Waals surface area contributed by atoms with Crippen LogP contribution in [0.25, 0.3) is 0 Å². The van der Waals surface area contributed by atoms with Crippen LogP contribution in [0.2, 0.25) is 0 Å². The van der Waals surface area contributed by atoms with Gasteiger partial charge in [-0.1, -0.05) is 15.9 Å². The van der Waals surface area contributed by atoms with Crippen LogP contribution in [-0.2, 0) is 10.2 Å². The summed E-state index contributed by atoms with van der Waals surface area (Å²) in [5.74, 6) is 4.61. The van der Waals surface area contributed by atoms with Gasteiger partial charge in [-0.3, -0.25) is 10.2 Å². The van der Waals surface area contributed by atoms with E-state index in [4.69, 9.17) is 5.84 Å². The van der Waals surface area contributed by atoms with Crippen LogP contribution in [-0.4, -0.2) is 30.9 Å². The van der Waals surface area contributed by atoms with Crippen molar-refractivity contribution in [2.75, 3.05) is 20.1 Å². The van der Waals surface area contributed by atoms with Crippen molar-refractivity contribution >= 4 is 21.8 Å². The van der Waals surface area contributed by atoms with Gasteiger partial charge in [-0.05, 0) is 51.2 Å². The van der Waals surface area contributed by atoms with E-state index in [1.54, 1.807) is 12.1 Å². The number of carbonyl (C=O) groups is 1. The normalized spacial score (nSPS) is 19.2. The maximum absolute atomic E-state index is 14.1. The van der Waals surface area contributed by atoms with Crippen molar-refractivity contribution in [2.45, 2.75) is 18.3 Å². The average Bonchev–Trinajstić information content (AvgIpc) is 2.42. The minimum atomic E-state index is -0.880. The van der Waals surface area contributed by atoms with Crippen LogP contribution >= 0.6 is 15.9 Å². The molecule has 1 aliphatic heterocycles. The molecule has 19 heavy (non-hydrogen) atoms. The molecule has 1 fully saturated rings. The largest absolute Gasteiger partial charge is 0.306 e. The van der Waals surface area contributed by atoms with Crippen LogP contribution in [0.4, 0.5) is 4.39 Å². The maximum Gasteiger partial charge on any atom is 0.244 e. The molecule has 1 heterocycles. The van der Waals surface area contributed by atoms with Crippen LogP contribution in [0, 0.1) is 5.82 Å². The predicted octanol–water partition coefficient (Wildman–Crippen LogP) is 1.54. The summed E-state index contributed by atoms with van der Waals surface area (Å²) in [5, 5.41) is 0. The van der Waals surface area contributed by atoms with E-state index in [-0.39, 0.29) is 11.7 Å². The van der Waals surface area contributed by atoms with E-state index in [1.165, 1.54) is 6.07 Å². The van der Waals surface area contributed by atoms with E-state index in [9.17, 15) is 9.18 Å². The van der Waals surface area contributed by atoms with Gasteiger partial charge in [-0.25, -0.2) is 10.2 Å². The molecule has 0 bridgehead atoms. The monoisotopic (exact) mass is 329 g/mol. The SMILES string of the molecule is CN1CCC(C(=O)NN)(c2cc(Br)ccc2F)CC1. The maximum atomic E-state index is 14.1. The first kappa shape index (κ1) is 14.4. The van der Waals surface area contributed by atoms with E-state index >= 15 is 0 Å². The van der Waals surface area contributed by atoms with Crippen molar-refractivity contribution in [1.29, 1.82) is 0 Å². The first-order chi connectivity index (χ1) is 8.99. The van der Waals surface area contributed by atoms with Gasteiger partial charge in [0.05, 0.1) is 5.41 Å².